The van der Waals surface area contributed by atoms with E-state index in [1.807, 2.05) is 36.4 Å². The van der Waals surface area contributed by atoms with Gasteiger partial charge in [0.1, 0.15) is 0 Å². The summed E-state index contributed by atoms with van der Waals surface area (Å²) < 4.78 is 0. The van der Waals surface area contributed by atoms with E-state index in [0.717, 1.165) is 55.9 Å². The zero-order valence-corrected chi connectivity index (χ0v) is 22.5. The Morgan fingerprint density at radius 1 is 0.676 bits per heavy atom. The van der Waals surface area contributed by atoms with Crippen LogP contribution in [0.4, 0.5) is 0 Å². The highest BCUT2D eigenvalue weighted by atomic mass is 35.5. The summed E-state index contributed by atoms with van der Waals surface area (Å²) in [6, 6.07) is 35.5. The molecule has 1 saturated heterocycles. The molecule has 0 amide bonds. The molecular formula is C33H33Cl2NO. The molecule has 0 bridgehead atoms. The van der Waals surface area contributed by atoms with Gasteiger partial charge in [0.2, 0.25) is 0 Å². The maximum absolute atomic E-state index is 11.2. The van der Waals surface area contributed by atoms with Gasteiger partial charge in [-0.05, 0) is 84.3 Å². The molecule has 2 nitrogen and oxygen atoms in total. The van der Waals surface area contributed by atoms with Gasteiger partial charge >= 0.3 is 0 Å². The lowest BCUT2D eigenvalue weighted by Crippen LogP contribution is -2.42. The van der Waals surface area contributed by atoms with Crippen LogP contribution in [0.25, 0.3) is 11.1 Å². The summed E-state index contributed by atoms with van der Waals surface area (Å²) in [5.74, 6) is 0.317. The lowest BCUT2D eigenvalue weighted by atomic mass is 9.84. The standard InChI is InChI=1S/C33H33Cl2NO/c34-30-16-12-28(13-17-30)32(27-10-8-26(9-11-27)25-5-2-1-3-6-25)7-4-22-36-23-20-33(37,21-24-36)29-14-18-31(35)19-15-29/h1-3,5-6,8-19,32,37H,4,7,20-24H2. The van der Waals surface area contributed by atoms with Crippen molar-refractivity contribution in [3.8, 4) is 11.1 Å². The Balaban J connectivity index is 1.23. The van der Waals surface area contributed by atoms with Crippen LogP contribution < -0.4 is 0 Å². The number of likely N-dealkylation sites (tertiary alicyclic amines) is 1. The topological polar surface area (TPSA) is 23.5 Å². The molecule has 0 spiro atoms. The van der Waals surface area contributed by atoms with Gasteiger partial charge in [-0.15, -0.1) is 0 Å². The maximum Gasteiger partial charge on any atom is 0.0920 e. The molecule has 4 heteroatoms. The van der Waals surface area contributed by atoms with Crippen LogP contribution in [0, 0.1) is 0 Å². The van der Waals surface area contributed by atoms with E-state index in [1.54, 1.807) is 0 Å². The van der Waals surface area contributed by atoms with Crippen molar-refractivity contribution in [2.75, 3.05) is 19.6 Å². The number of rotatable bonds is 8. The smallest absolute Gasteiger partial charge is 0.0920 e. The first kappa shape index (κ1) is 26.0. The van der Waals surface area contributed by atoms with E-state index in [-0.39, 0.29) is 0 Å². The first-order valence-corrected chi connectivity index (χ1v) is 13.9. The van der Waals surface area contributed by atoms with E-state index in [1.165, 1.54) is 22.3 Å². The molecule has 1 unspecified atom stereocenters. The van der Waals surface area contributed by atoms with Crippen LogP contribution in [-0.2, 0) is 5.60 Å². The summed E-state index contributed by atoms with van der Waals surface area (Å²) >= 11 is 12.2. The van der Waals surface area contributed by atoms with Crippen molar-refractivity contribution in [1.82, 2.24) is 4.90 Å². The number of hydrogen-bond donors (Lipinski definition) is 1. The van der Waals surface area contributed by atoms with Gasteiger partial charge < -0.3 is 10.0 Å². The van der Waals surface area contributed by atoms with Crippen LogP contribution >= 0.6 is 23.2 Å². The molecule has 37 heavy (non-hydrogen) atoms. The van der Waals surface area contributed by atoms with Gasteiger partial charge in [0, 0.05) is 29.1 Å². The Bertz CT molecular complexity index is 1260. The summed E-state index contributed by atoms with van der Waals surface area (Å²) in [6.07, 6.45) is 3.64. The molecule has 1 heterocycles. The van der Waals surface area contributed by atoms with Crippen LogP contribution in [0.3, 0.4) is 0 Å². The molecule has 0 aromatic heterocycles. The second kappa shape index (κ2) is 11.8. The molecular weight excluding hydrogens is 497 g/mol. The Kier molecular flexibility index (Phi) is 8.32. The minimum absolute atomic E-state index is 0.317. The summed E-state index contributed by atoms with van der Waals surface area (Å²) in [5, 5.41) is 12.7. The average Bonchev–Trinajstić information content (AvgIpc) is 2.94. The molecule has 0 saturated carbocycles. The Morgan fingerprint density at radius 2 is 1.19 bits per heavy atom. The van der Waals surface area contributed by atoms with Crippen molar-refractivity contribution in [3.63, 3.8) is 0 Å². The fraction of sp³-hybridized carbons (Fsp3) is 0.273. The highest BCUT2D eigenvalue weighted by Crippen LogP contribution is 2.35. The molecule has 1 N–H and O–H groups in total. The van der Waals surface area contributed by atoms with Crippen LogP contribution in [0.2, 0.25) is 10.0 Å². The number of hydrogen-bond acceptors (Lipinski definition) is 2. The lowest BCUT2D eigenvalue weighted by molar-refractivity contribution is -0.0261. The SMILES string of the molecule is OC1(c2ccc(Cl)cc2)CCN(CCCC(c2ccc(Cl)cc2)c2ccc(-c3ccccc3)cc2)CC1. The van der Waals surface area contributed by atoms with E-state index < -0.39 is 5.60 Å². The second-order valence-electron chi connectivity index (χ2n) is 10.1. The molecule has 5 rings (SSSR count). The Hall–Kier alpha value is -2.62. The number of halogens is 2. The van der Waals surface area contributed by atoms with E-state index >= 15 is 0 Å². The van der Waals surface area contributed by atoms with Crippen LogP contribution in [0.1, 0.15) is 48.3 Å². The average molecular weight is 531 g/mol. The minimum Gasteiger partial charge on any atom is -0.385 e. The molecule has 1 fully saturated rings. The predicted molar refractivity (Wildman–Crippen MR) is 155 cm³/mol. The summed E-state index contributed by atoms with van der Waals surface area (Å²) in [6.45, 7) is 2.83. The molecule has 1 aliphatic heterocycles. The van der Waals surface area contributed by atoms with E-state index in [2.05, 4.69) is 71.6 Å². The van der Waals surface area contributed by atoms with Gasteiger partial charge in [0.05, 0.1) is 5.60 Å². The van der Waals surface area contributed by atoms with Gasteiger partial charge in [-0.25, -0.2) is 0 Å². The maximum atomic E-state index is 11.2. The first-order chi connectivity index (χ1) is 18.0. The van der Waals surface area contributed by atoms with Crippen molar-refractivity contribution in [3.05, 3.63) is 130 Å². The Labute approximate surface area is 230 Å². The highest BCUT2D eigenvalue weighted by molar-refractivity contribution is 6.30. The van der Waals surface area contributed by atoms with Gasteiger partial charge in [0.25, 0.3) is 0 Å². The zero-order valence-electron chi connectivity index (χ0n) is 21.0. The molecule has 190 valence electrons. The minimum atomic E-state index is -0.757. The van der Waals surface area contributed by atoms with E-state index in [9.17, 15) is 5.11 Å². The fourth-order valence-electron chi connectivity index (χ4n) is 5.47. The zero-order chi connectivity index (χ0) is 25.7. The van der Waals surface area contributed by atoms with Gasteiger partial charge in [0.15, 0.2) is 0 Å². The van der Waals surface area contributed by atoms with Crippen molar-refractivity contribution < 1.29 is 5.11 Å². The third-order valence-electron chi connectivity index (χ3n) is 7.72. The number of nitrogens with zero attached hydrogens (tertiary/aromatic N) is 1. The molecule has 0 aliphatic carbocycles. The van der Waals surface area contributed by atoms with Crippen molar-refractivity contribution in [2.45, 2.75) is 37.2 Å². The molecule has 4 aromatic carbocycles. The van der Waals surface area contributed by atoms with Crippen molar-refractivity contribution in [1.29, 1.82) is 0 Å². The summed E-state index contributed by atoms with van der Waals surface area (Å²) in [4.78, 5) is 2.49. The third-order valence-corrected chi connectivity index (χ3v) is 8.23. The molecule has 4 aromatic rings. The van der Waals surface area contributed by atoms with Crippen molar-refractivity contribution in [2.24, 2.45) is 0 Å². The fourth-order valence-corrected chi connectivity index (χ4v) is 5.73. The monoisotopic (exact) mass is 529 g/mol. The Morgan fingerprint density at radius 3 is 1.78 bits per heavy atom. The molecule has 1 atom stereocenters. The quantitative estimate of drug-likeness (QED) is 0.247. The van der Waals surface area contributed by atoms with Gasteiger partial charge in [-0.3, -0.25) is 0 Å². The van der Waals surface area contributed by atoms with Gasteiger partial charge in [-0.2, -0.15) is 0 Å². The largest absolute Gasteiger partial charge is 0.385 e. The molecule has 1 aliphatic rings. The lowest BCUT2D eigenvalue weighted by Gasteiger charge is -2.38. The highest BCUT2D eigenvalue weighted by Gasteiger charge is 2.33. The van der Waals surface area contributed by atoms with Crippen LogP contribution in [0.15, 0.2) is 103 Å². The number of piperidine rings is 1. The summed E-state index contributed by atoms with van der Waals surface area (Å²) in [7, 11) is 0. The van der Waals surface area contributed by atoms with E-state index in [4.69, 9.17) is 23.2 Å². The van der Waals surface area contributed by atoms with Crippen molar-refractivity contribution >= 4 is 23.2 Å². The number of benzene rings is 4. The summed E-state index contributed by atoms with van der Waals surface area (Å²) in [5.41, 5.74) is 5.32. The number of aliphatic hydroxyl groups is 1. The first-order valence-electron chi connectivity index (χ1n) is 13.1. The molecule has 0 radical (unpaired) electrons. The third kappa shape index (κ3) is 6.45. The van der Waals surface area contributed by atoms with Crippen LogP contribution in [0.5, 0.6) is 0 Å². The second-order valence-corrected chi connectivity index (χ2v) is 11.0. The van der Waals surface area contributed by atoms with Gasteiger partial charge in [-0.1, -0.05) is 102 Å². The van der Waals surface area contributed by atoms with Crippen LogP contribution in [-0.4, -0.2) is 29.6 Å². The predicted octanol–water partition coefficient (Wildman–Crippen LogP) is 8.56. The normalized spacial score (nSPS) is 16.4. The van der Waals surface area contributed by atoms with E-state index in [0.29, 0.717) is 10.9 Å².